The maximum Gasteiger partial charge on any atom is 0.272 e. The van der Waals surface area contributed by atoms with E-state index in [0.29, 0.717) is 12.0 Å². The van der Waals surface area contributed by atoms with Crippen LogP contribution < -0.4 is 0 Å². The highest BCUT2D eigenvalue weighted by molar-refractivity contribution is 6.20. The molecule has 0 bridgehead atoms. The van der Waals surface area contributed by atoms with Crippen molar-refractivity contribution in [1.82, 2.24) is 0 Å². The molecule has 1 aromatic rings. The summed E-state index contributed by atoms with van der Waals surface area (Å²) < 4.78 is 13.5. The molecule has 16 heavy (non-hydrogen) atoms. The summed E-state index contributed by atoms with van der Waals surface area (Å²) in [7, 11) is 0. The molecule has 1 aromatic carbocycles. The van der Waals surface area contributed by atoms with E-state index in [9.17, 15) is 14.5 Å². The molecule has 0 N–H and O–H groups in total. The number of rotatable bonds is 4. The fraction of sp³-hybridized carbons (Fsp3) is 0.455. The highest BCUT2D eigenvalue weighted by Gasteiger charge is 2.15. The van der Waals surface area contributed by atoms with Crippen LogP contribution in [0.5, 0.6) is 0 Å². The first kappa shape index (κ1) is 12.9. The Morgan fingerprint density at radius 3 is 2.56 bits per heavy atom. The molecule has 1 unspecified atom stereocenters. The molecule has 0 radical (unpaired) electrons. The van der Waals surface area contributed by atoms with Crippen molar-refractivity contribution >= 4 is 17.3 Å². The van der Waals surface area contributed by atoms with Crippen LogP contribution in [0.1, 0.15) is 19.4 Å². The van der Waals surface area contributed by atoms with Crippen molar-refractivity contribution in [3.05, 3.63) is 39.7 Å². The van der Waals surface area contributed by atoms with Gasteiger partial charge in [0.05, 0.1) is 11.0 Å². The molecule has 1 atom stereocenters. The Balaban J connectivity index is 2.87. The van der Waals surface area contributed by atoms with Crippen LogP contribution in [0.4, 0.5) is 10.1 Å². The largest absolute Gasteiger partial charge is 0.272 e. The van der Waals surface area contributed by atoms with Crippen LogP contribution in [0.3, 0.4) is 0 Å². The fourth-order valence-corrected chi connectivity index (χ4v) is 1.43. The summed E-state index contributed by atoms with van der Waals surface area (Å²) >= 11 is 6.02. The Morgan fingerprint density at radius 1 is 1.50 bits per heavy atom. The van der Waals surface area contributed by atoms with Crippen molar-refractivity contribution < 1.29 is 9.31 Å². The van der Waals surface area contributed by atoms with Crippen molar-refractivity contribution in [1.29, 1.82) is 0 Å². The van der Waals surface area contributed by atoms with Gasteiger partial charge in [-0.25, -0.2) is 4.39 Å². The Hall–Kier alpha value is -1.16. The highest BCUT2D eigenvalue weighted by atomic mass is 35.5. The number of hydrogen-bond donors (Lipinski definition) is 0. The van der Waals surface area contributed by atoms with E-state index in [1.807, 2.05) is 13.8 Å². The molecular formula is C11H13ClFNO2. The van der Waals surface area contributed by atoms with E-state index in [1.165, 1.54) is 12.1 Å². The third kappa shape index (κ3) is 3.17. The first-order valence-corrected chi connectivity index (χ1v) is 5.42. The number of alkyl halides is 1. The van der Waals surface area contributed by atoms with E-state index in [2.05, 4.69) is 0 Å². The molecular weight excluding hydrogens is 233 g/mol. The first-order chi connectivity index (χ1) is 7.41. The lowest BCUT2D eigenvalue weighted by Crippen LogP contribution is -2.12. The van der Waals surface area contributed by atoms with Crippen molar-refractivity contribution in [3.8, 4) is 0 Å². The second kappa shape index (κ2) is 5.25. The lowest BCUT2D eigenvalue weighted by molar-refractivity contribution is -0.385. The van der Waals surface area contributed by atoms with Crippen LogP contribution >= 0.6 is 11.6 Å². The summed E-state index contributed by atoms with van der Waals surface area (Å²) in [6, 6.07) is 3.65. The van der Waals surface area contributed by atoms with Crippen molar-refractivity contribution in [3.63, 3.8) is 0 Å². The zero-order chi connectivity index (χ0) is 12.3. The number of nitrogens with zero attached hydrogens (tertiary/aromatic N) is 1. The number of halogens is 2. The first-order valence-electron chi connectivity index (χ1n) is 4.98. The summed E-state index contributed by atoms with van der Waals surface area (Å²) in [6.07, 6.45) is 0.378. The van der Waals surface area contributed by atoms with Crippen LogP contribution in [-0.4, -0.2) is 10.3 Å². The Kier molecular flexibility index (Phi) is 4.24. The molecule has 0 spiro atoms. The second-order valence-electron chi connectivity index (χ2n) is 4.00. The summed E-state index contributed by atoms with van der Waals surface area (Å²) in [5.41, 5.74) is 0.177. The number of nitro benzene ring substituents is 1. The predicted molar refractivity (Wildman–Crippen MR) is 61.2 cm³/mol. The SMILES string of the molecule is CC(C)C(Cl)Cc1ccc([N+](=O)[O-])cc1F. The monoisotopic (exact) mass is 245 g/mol. The van der Waals surface area contributed by atoms with Gasteiger partial charge in [0.2, 0.25) is 0 Å². The summed E-state index contributed by atoms with van der Waals surface area (Å²) in [4.78, 5) is 9.79. The van der Waals surface area contributed by atoms with Gasteiger partial charge in [-0.05, 0) is 24.0 Å². The van der Waals surface area contributed by atoms with Gasteiger partial charge in [0.15, 0.2) is 0 Å². The van der Waals surface area contributed by atoms with Gasteiger partial charge in [-0.3, -0.25) is 10.1 Å². The molecule has 0 aliphatic heterocycles. The average molecular weight is 246 g/mol. The van der Waals surface area contributed by atoms with E-state index in [4.69, 9.17) is 11.6 Å². The van der Waals surface area contributed by atoms with E-state index in [0.717, 1.165) is 6.07 Å². The average Bonchev–Trinajstić information content (AvgIpc) is 2.20. The number of nitro groups is 1. The minimum absolute atomic E-state index is 0.170. The maximum atomic E-state index is 13.5. The maximum absolute atomic E-state index is 13.5. The zero-order valence-corrected chi connectivity index (χ0v) is 9.87. The van der Waals surface area contributed by atoms with Crippen molar-refractivity contribution in [2.24, 2.45) is 5.92 Å². The molecule has 88 valence electrons. The molecule has 1 rings (SSSR count). The van der Waals surface area contributed by atoms with Crippen LogP contribution in [0.15, 0.2) is 18.2 Å². The Morgan fingerprint density at radius 2 is 2.12 bits per heavy atom. The fourth-order valence-electron chi connectivity index (χ4n) is 1.26. The third-order valence-electron chi connectivity index (χ3n) is 2.39. The summed E-state index contributed by atoms with van der Waals surface area (Å²) in [5, 5.41) is 10.2. The molecule has 0 heterocycles. The third-order valence-corrected chi connectivity index (χ3v) is 3.04. The van der Waals surface area contributed by atoms with E-state index in [-0.39, 0.29) is 17.0 Å². The molecule has 3 nitrogen and oxygen atoms in total. The van der Waals surface area contributed by atoms with Gasteiger partial charge in [-0.15, -0.1) is 11.6 Å². The number of hydrogen-bond acceptors (Lipinski definition) is 2. The van der Waals surface area contributed by atoms with Crippen molar-refractivity contribution in [2.45, 2.75) is 25.6 Å². The van der Waals surface area contributed by atoms with Gasteiger partial charge in [-0.2, -0.15) is 0 Å². The minimum atomic E-state index is -0.618. The van der Waals surface area contributed by atoms with E-state index >= 15 is 0 Å². The lowest BCUT2D eigenvalue weighted by atomic mass is 10.0. The molecule has 0 saturated heterocycles. The van der Waals surface area contributed by atoms with Crippen LogP contribution in [0.25, 0.3) is 0 Å². The van der Waals surface area contributed by atoms with E-state index < -0.39 is 10.7 Å². The van der Waals surface area contributed by atoms with Gasteiger partial charge in [-0.1, -0.05) is 13.8 Å². The van der Waals surface area contributed by atoms with Crippen LogP contribution in [-0.2, 0) is 6.42 Å². The molecule has 0 aromatic heterocycles. The Labute approximate surface area is 98.4 Å². The lowest BCUT2D eigenvalue weighted by Gasteiger charge is -2.13. The second-order valence-corrected chi connectivity index (χ2v) is 4.56. The number of non-ortho nitro benzene ring substituents is 1. The smallest absolute Gasteiger partial charge is 0.258 e. The van der Waals surface area contributed by atoms with Gasteiger partial charge in [0.1, 0.15) is 5.82 Å². The topological polar surface area (TPSA) is 43.1 Å². The normalized spacial score (nSPS) is 12.8. The standard InChI is InChI=1S/C11H13ClFNO2/c1-7(2)10(12)5-8-3-4-9(14(15)16)6-11(8)13/h3-4,6-7,10H,5H2,1-2H3. The predicted octanol–water partition coefficient (Wildman–Crippen LogP) is 3.54. The molecule has 0 fully saturated rings. The molecule has 0 aliphatic rings. The number of benzene rings is 1. The zero-order valence-electron chi connectivity index (χ0n) is 9.11. The molecule has 0 amide bonds. The van der Waals surface area contributed by atoms with Crippen molar-refractivity contribution in [2.75, 3.05) is 0 Å². The Bertz CT molecular complexity index is 396. The molecule has 0 saturated carbocycles. The minimum Gasteiger partial charge on any atom is -0.258 e. The van der Waals surface area contributed by atoms with Gasteiger partial charge in [0.25, 0.3) is 5.69 Å². The molecule has 0 aliphatic carbocycles. The highest BCUT2D eigenvalue weighted by Crippen LogP contribution is 2.21. The van der Waals surface area contributed by atoms with Crippen LogP contribution in [0.2, 0.25) is 0 Å². The van der Waals surface area contributed by atoms with Gasteiger partial charge in [0, 0.05) is 11.4 Å². The van der Waals surface area contributed by atoms with E-state index in [1.54, 1.807) is 0 Å². The molecule has 5 heteroatoms. The quantitative estimate of drug-likeness (QED) is 0.463. The summed E-state index contributed by atoms with van der Waals surface area (Å²) in [5.74, 6) is -0.336. The van der Waals surface area contributed by atoms with Gasteiger partial charge < -0.3 is 0 Å². The van der Waals surface area contributed by atoms with Gasteiger partial charge >= 0.3 is 0 Å². The summed E-state index contributed by atoms with van der Waals surface area (Å²) in [6.45, 7) is 3.89. The van der Waals surface area contributed by atoms with Crippen LogP contribution in [0, 0.1) is 21.8 Å².